The van der Waals surface area contributed by atoms with Crippen LogP contribution in [0.2, 0.25) is 0 Å². The normalized spacial score (nSPS) is 17.7. The number of anilines is 2. The van der Waals surface area contributed by atoms with Crippen molar-refractivity contribution < 1.29 is 23.1 Å². The first-order chi connectivity index (χ1) is 21.8. The molecule has 5 aromatic carbocycles. The molecule has 0 bridgehead atoms. The summed E-state index contributed by atoms with van der Waals surface area (Å²) in [5.74, 6) is -2.44. The number of carbonyl (C=O) groups is 2. The molecule has 1 saturated carbocycles. The van der Waals surface area contributed by atoms with Crippen LogP contribution < -0.4 is 15.0 Å². The number of fused-ring (bicyclic) bond motifs is 2. The molecular weight excluding hydrogens is 570 g/mol. The lowest BCUT2D eigenvalue weighted by molar-refractivity contribution is -0.136. The number of para-hydroxylation sites is 2. The zero-order valence-electron chi connectivity index (χ0n) is 24.5. The fourth-order valence-electron chi connectivity index (χ4n) is 6.61. The van der Waals surface area contributed by atoms with Crippen molar-refractivity contribution in [3.8, 4) is 5.75 Å². The molecule has 1 fully saturated rings. The topological polar surface area (TPSA) is 58.6 Å². The van der Waals surface area contributed by atoms with Gasteiger partial charge in [0.15, 0.2) is 17.4 Å². The van der Waals surface area contributed by atoms with Crippen LogP contribution in [0.15, 0.2) is 127 Å². The van der Waals surface area contributed by atoms with E-state index in [1.54, 1.807) is 36.1 Å². The number of hydrogen-bond donors (Lipinski definition) is 1. The first-order valence-corrected chi connectivity index (χ1v) is 14.9. The largest absolute Gasteiger partial charge is 0.423 e. The van der Waals surface area contributed by atoms with E-state index in [9.17, 15) is 14.0 Å². The van der Waals surface area contributed by atoms with Crippen molar-refractivity contribution in [2.24, 2.45) is 0 Å². The number of benzene rings is 5. The molecule has 2 aliphatic rings. The number of ether oxygens (including phenoxy) is 1. The van der Waals surface area contributed by atoms with E-state index in [0.29, 0.717) is 11.3 Å². The van der Waals surface area contributed by atoms with Gasteiger partial charge in [0, 0.05) is 13.0 Å². The third kappa shape index (κ3) is 4.71. The van der Waals surface area contributed by atoms with Crippen molar-refractivity contribution >= 4 is 23.1 Å². The molecular formula is C38H30F2N2O3. The van der Waals surface area contributed by atoms with Gasteiger partial charge >= 0.3 is 5.97 Å². The van der Waals surface area contributed by atoms with E-state index < -0.39 is 34.6 Å². The van der Waals surface area contributed by atoms with Gasteiger partial charge in [0.05, 0.1) is 22.3 Å². The summed E-state index contributed by atoms with van der Waals surface area (Å²) in [7, 11) is 0. The molecule has 1 spiro atoms. The molecule has 1 aliphatic carbocycles. The van der Waals surface area contributed by atoms with Gasteiger partial charge in [0.25, 0.3) is 0 Å². The molecule has 0 amide bonds. The smallest absolute Gasteiger partial charge is 0.328 e. The number of rotatable bonds is 8. The number of nitrogens with zero attached hydrogens (tertiary/aromatic N) is 1. The van der Waals surface area contributed by atoms with Crippen LogP contribution in [0.1, 0.15) is 35.6 Å². The molecule has 0 unspecified atom stereocenters. The van der Waals surface area contributed by atoms with Gasteiger partial charge in [-0.1, -0.05) is 109 Å². The monoisotopic (exact) mass is 600 g/mol. The molecule has 2 atom stereocenters. The molecule has 0 aromatic heterocycles. The molecule has 0 radical (unpaired) electrons. The van der Waals surface area contributed by atoms with Crippen LogP contribution in [0.5, 0.6) is 5.75 Å². The average Bonchev–Trinajstić information content (AvgIpc) is 3.61. The second-order valence-corrected chi connectivity index (χ2v) is 11.6. The van der Waals surface area contributed by atoms with Crippen LogP contribution >= 0.6 is 0 Å². The van der Waals surface area contributed by atoms with Gasteiger partial charge in [-0.05, 0) is 47.4 Å². The second kappa shape index (κ2) is 11.1. The zero-order valence-corrected chi connectivity index (χ0v) is 24.5. The first-order valence-electron chi connectivity index (χ1n) is 14.9. The second-order valence-electron chi connectivity index (χ2n) is 11.6. The summed E-state index contributed by atoms with van der Waals surface area (Å²) >= 11 is 0. The van der Waals surface area contributed by atoms with Crippen LogP contribution in [-0.2, 0) is 20.5 Å². The maximum atomic E-state index is 15.3. The summed E-state index contributed by atoms with van der Waals surface area (Å²) in [4.78, 5) is 28.0. The van der Waals surface area contributed by atoms with Gasteiger partial charge in [0.1, 0.15) is 11.8 Å². The molecule has 5 nitrogen and oxygen atoms in total. The van der Waals surface area contributed by atoms with Crippen LogP contribution in [0.3, 0.4) is 0 Å². The lowest BCUT2D eigenvalue weighted by atomic mass is 9.76. The Bertz CT molecular complexity index is 1800. The zero-order chi connectivity index (χ0) is 31.2. The van der Waals surface area contributed by atoms with Gasteiger partial charge in [0.2, 0.25) is 0 Å². The van der Waals surface area contributed by atoms with E-state index in [1.165, 1.54) is 6.07 Å². The summed E-state index contributed by atoms with van der Waals surface area (Å²) in [5, 5.41) is 3.61. The molecule has 7 heteroatoms. The molecule has 45 heavy (non-hydrogen) atoms. The minimum Gasteiger partial charge on any atom is -0.423 e. The van der Waals surface area contributed by atoms with Gasteiger partial charge in [-0.3, -0.25) is 10.1 Å². The van der Waals surface area contributed by atoms with Crippen molar-refractivity contribution in [2.75, 3.05) is 11.4 Å². The van der Waals surface area contributed by atoms with E-state index in [0.717, 1.165) is 22.8 Å². The number of ketones is 1. The number of Topliss-reactive ketones (excluding diaryl/α,β-unsaturated/α-hetero) is 1. The number of nitrogens with one attached hydrogen (secondary N) is 1. The van der Waals surface area contributed by atoms with Crippen LogP contribution in [0.25, 0.3) is 0 Å². The quantitative estimate of drug-likeness (QED) is 0.116. The molecule has 5 aromatic rings. The van der Waals surface area contributed by atoms with Crippen LogP contribution in [0, 0.1) is 11.6 Å². The minimum absolute atomic E-state index is 0.00627. The van der Waals surface area contributed by atoms with Gasteiger partial charge in [-0.15, -0.1) is 0 Å². The van der Waals surface area contributed by atoms with Gasteiger partial charge < -0.3 is 9.64 Å². The van der Waals surface area contributed by atoms with Crippen molar-refractivity contribution in [3.05, 3.63) is 161 Å². The molecule has 1 aliphatic heterocycles. The van der Waals surface area contributed by atoms with Crippen LogP contribution in [0.4, 0.5) is 20.2 Å². The summed E-state index contributed by atoms with van der Waals surface area (Å²) < 4.78 is 35.8. The van der Waals surface area contributed by atoms with Gasteiger partial charge in [-0.2, -0.15) is 0 Å². The highest BCUT2D eigenvalue weighted by Gasteiger charge is 2.61. The number of carbonyl (C=O) groups excluding carboxylic acids is 2. The van der Waals surface area contributed by atoms with Crippen LogP contribution in [-0.4, -0.2) is 24.3 Å². The van der Waals surface area contributed by atoms with Crippen molar-refractivity contribution in [1.29, 1.82) is 0 Å². The third-order valence-corrected chi connectivity index (χ3v) is 8.93. The maximum Gasteiger partial charge on any atom is 0.328 e. The molecule has 7 rings (SSSR count). The van der Waals surface area contributed by atoms with E-state index >= 15 is 4.39 Å². The van der Waals surface area contributed by atoms with E-state index in [2.05, 4.69) is 5.32 Å². The fourth-order valence-corrected chi connectivity index (χ4v) is 6.61. The molecule has 224 valence electrons. The SMILES string of the molecule is C[C@H](NC(c1ccccc1)(c1ccccc1)c1ccccc1)C(=O)Oc1ccccc1N1C[C@]2(CC2=O)c2ccc(F)c(F)c21. The first kappa shape index (κ1) is 28.6. The Kier molecular flexibility index (Phi) is 7.06. The summed E-state index contributed by atoms with van der Waals surface area (Å²) in [6.45, 7) is 1.88. The fraction of sp³-hybridized carbons (Fsp3) is 0.158. The summed E-state index contributed by atoms with van der Waals surface area (Å²) in [6, 6.07) is 38.2. The van der Waals surface area contributed by atoms with E-state index in [4.69, 9.17) is 4.74 Å². The highest BCUT2D eigenvalue weighted by atomic mass is 19.2. The highest BCUT2D eigenvalue weighted by Crippen LogP contribution is 2.57. The Morgan fingerprint density at radius 1 is 0.800 bits per heavy atom. The highest BCUT2D eigenvalue weighted by molar-refractivity contribution is 6.10. The predicted molar refractivity (Wildman–Crippen MR) is 169 cm³/mol. The lowest BCUT2D eigenvalue weighted by Crippen LogP contribution is -2.52. The molecule has 1 N–H and O–H groups in total. The van der Waals surface area contributed by atoms with E-state index in [-0.39, 0.29) is 30.2 Å². The minimum atomic E-state index is -1.03. The van der Waals surface area contributed by atoms with E-state index in [1.807, 2.05) is 91.0 Å². The molecule has 0 saturated heterocycles. The number of halogens is 2. The van der Waals surface area contributed by atoms with Crippen molar-refractivity contribution in [1.82, 2.24) is 5.32 Å². The third-order valence-electron chi connectivity index (χ3n) is 8.93. The average molecular weight is 601 g/mol. The Morgan fingerprint density at radius 3 is 1.84 bits per heavy atom. The number of esters is 1. The number of hydrogen-bond acceptors (Lipinski definition) is 5. The Balaban J connectivity index is 1.25. The van der Waals surface area contributed by atoms with Crippen molar-refractivity contribution in [2.45, 2.75) is 30.3 Å². The Hall–Kier alpha value is -5.14. The Labute approximate surface area is 260 Å². The summed E-state index contributed by atoms with van der Waals surface area (Å²) in [5.41, 5.74) is 1.87. The summed E-state index contributed by atoms with van der Waals surface area (Å²) in [6.07, 6.45) is 0.255. The Morgan fingerprint density at radius 2 is 1.31 bits per heavy atom. The standard InChI is InChI=1S/C38H30F2N2O3/c1-25(41-38(26-13-5-2-6-14-26,27-15-7-3-8-16-27)28-17-9-4-10-18-28)36(44)45-32-20-12-11-19-31(32)42-24-37(23-33(37)43)29-21-22-30(39)34(40)35(29)42/h2-22,25,41H,23-24H2,1H3/t25-,37+/m0/s1. The molecule has 1 heterocycles. The maximum absolute atomic E-state index is 15.3. The predicted octanol–water partition coefficient (Wildman–Crippen LogP) is 7.20. The lowest BCUT2D eigenvalue weighted by Gasteiger charge is -2.39. The van der Waals surface area contributed by atoms with Gasteiger partial charge in [-0.25, -0.2) is 13.6 Å². The van der Waals surface area contributed by atoms with Crippen molar-refractivity contribution in [3.63, 3.8) is 0 Å².